The molecule has 0 saturated carbocycles. The third kappa shape index (κ3) is 5.20. The van der Waals surface area contributed by atoms with Gasteiger partial charge in [0.15, 0.2) is 0 Å². The molecular formula is C24H27FN6O. The molecule has 0 unspecified atom stereocenters. The number of aromatic nitrogens is 2. The van der Waals surface area contributed by atoms with Crippen LogP contribution in [-0.4, -0.2) is 60.0 Å². The van der Waals surface area contributed by atoms with Crippen LogP contribution in [-0.2, 0) is 0 Å². The average molecular weight is 435 g/mol. The van der Waals surface area contributed by atoms with Crippen LogP contribution in [0.1, 0.15) is 16.8 Å². The second kappa shape index (κ2) is 10.2. The molecule has 1 aliphatic rings. The molecule has 0 radical (unpaired) electrons. The van der Waals surface area contributed by atoms with E-state index < -0.39 is 5.91 Å². The summed E-state index contributed by atoms with van der Waals surface area (Å²) in [6.07, 6.45) is 6.18. The van der Waals surface area contributed by atoms with Crippen LogP contribution in [0.4, 0.5) is 21.6 Å². The van der Waals surface area contributed by atoms with Crippen molar-refractivity contribution in [3.8, 4) is 0 Å². The number of halogens is 1. The molecule has 0 spiro atoms. The lowest BCUT2D eigenvalue weighted by Gasteiger charge is -2.36. The Morgan fingerprint density at radius 3 is 2.34 bits per heavy atom. The second-order valence-electron chi connectivity index (χ2n) is 7.75. The molecule has 3 heterocycles. The van der Waals surface area contributed by atoms with Gasteiger partial charge in [-0.15, -0.1) is 0 Å². The summed E-state index contributed by atoms with van der Waals surface area (Å²) in [5.74, 6) is -0.0268. The van der Waals surface area contributed by atoms with E-state index in [4.69, 9.17) is 5.73 Å². The molecule has 0 atom stereocenters. The van der Waals surface area contributed by atoms with E-state index >= 15 is 0 Å². The van der Waals surface area contributed by atoms with Gasteiger partial charge in [0.1, 0.15) is 11.6 Å². The summed E-state index contributed by atoms with van der Waals surface area (Å²) in [4.78, 5) is 26.9. The minimum absolute atomic E-state index is 0.242. The van der Waals surface area contributed by atoms with Gasteiger partial charge in [-0.25, -0.2) is 9.37 Å². The first-order valence-corrected chi connectivity index (χ1v) is 10.8. The molecule has 1 fully saturated rings. The highest BCUT2D eigenvalue weighted by atomic mass is 19.1. The summed E-state index contributed by atoms with van der Waals surface area (Å²) >= 11 is 0. The van der Waals surface area contributed by atoms with Gasteiger partial charge in [0.2, 0.25) is 0 Å². The topological polar surface area (TPSA) is 78.6 Å². The zero-order chi connectivity index (χ0) is 22.3. The Balaban J connectivity index is 1.34. The minimum atomic E-state index is -0.451. The van der Waals surface area contributed by atoms with E-state index in [1.54, 1.807) is 42.9 Å². The van der Waals surface area contributed by atoms with Crippen LogP contribution in [0.2, 0.25) is 0 Å². The molecule has 4 rings (SSSR count). The maximum absolute atomic E-state index is 13.4. The molecular weight excluding hydrogens is 407 g/mol. The fourth-order valence-electron chi connectivity index (χ4n) is 4.03. The van der Waals surface area contributed by atoms with E-state index in [0.29, 0.717) is 11.4 Å². The molecule has 3 aromatic rings. The number of anilines is 3. The zero-order valence-electron chi connectivity index (χ0n) is 17.9. The number of primary amides is 1. The predicted octanol–water partition coefficient (Wildman–Crippen LogP) is 3.07. The Kier molecular flexibility index (Phi) is 6.91. The van der Waals surface area contributed by atoms with E-state index in [-0.39, 0.29) is 5.82 Å². The van der Waals surface area contributed by atoms with Crippen molar-refractivity contribution >= 4 is 23.1 Å². The van der Waals surface area contributed by atoms with Gasteiger partial charge in [-0.1, -0.05) is 0 Å². The highest BCUT2D eigenvalue weighted by Gasteiger charge is 2.21. The van der Waals surface area contributed by atoms with Gasteiger partial charge in [0, 0.05) is 62.7 Å². The van der Waals surface area contributed by atoms with E-state index in [1.807, 2.05) is 12.1 Å². The number of carbonyl (C=O) groups is 1. The van der Waals surface area contributed by atoms with Crippen molar-refractivity contribution in [2.24, 2.45) is 5.73 Å². The van der Waals surface area contributed by atoms with Crippen LogP contribution in [0.15, 0.2) is 67.1 Å². The Bertz CT molecular complexity index is 1020. The first-order valence-electron chi connectivity index (χ1n) is 10.8. The standard InChI is InChI=1S/C24H27FN6O/c25-19-4-6-20(7-5-19)31(21-8-11-27-12-9-21)14-2-13-29-15-17-30(18-16-29)24-22(23(26)32)3-1-10-28-24/h1,3-12H,2,13-18H2,(H2,26,32). The van der Waals surface area contributed by atoms with E-state index in [1.165, 1.54) is 12.1 Å². The molecule has 2 aromatic heterocycles. The first kappa shape index (κ1) is 21.7. The molecule has 1 aromatic carbocycles. The molecule has 1 saturated heterocycles. The molecule has 1 aliphatic heterocycles. The largest absolute Gasteiger partial charge is 0.365 e. The Morgan fingerprint density at radius 1 is 0.969 bits per heavy atom. The Hall–Kier alpha value is -3.52. The molecule has 1 amide bonds. The monoisotopic (exact) mass is 434 g/mol. The zero-order valence-corrected chi connectivity index (χ0v) is 17.9. The number of benzene rings is 1. The van der Waals surface area contributed by atoms with Crippen molar-refractivity contribution in [2.75, 3.05) is 49.1 Å². The van der Waals surface area contributed by atoms with Gasteiger partial charge in [0.05, 0.1) is 5.56 Å². The molecule has 8 heteroatoms. The van der Waals surface area contributed by atoms with Crippen molar-refractivity contribution in [3.63, 3.8) is 0 Å². The van der Waals surface area contributed by atoms with Crippen LogP contribution in [0.5, 0.6) is 0 Å². The highest BCUT2D eigenvalue weighted by molar-refractivity contribution is 5.97. The van der Waals surface area contributed by atoms with E-state index in [0.717, 1.165) is 57.1 Å². The predicted molar refractivity (Wildman–Crippen MR) is 124 cm³/mol. The summed E-state index contributed by atoms with van der Waals surface area (Å²) in [5.41, 5.74) is 7.96. The smallest absolute Gasteiger partial charge is 0.252 e. The summed E-state index contributed by atoms with van der Waals surface area (Å²) in [7, 11) is 0. The molecule has 2 N–H and O–H groups in total. The maximum Gasteiger partial charge on any atom is 0.252 e. The molecule has 7 nitrogen and oxygen atoms in total. The summed E-state index contributed by atoms with van der Waals surface area (Å²) < 4.78 is 13.4. The van der Waals surface area contributed by atoms with Crippen molar-refractivity contribution < 1.29 is 9.18 Å². The summed E-state index contributed by atoms with van der Waals surface area (Å²) in [6, 6.07) is 14.0. The maximum atomic E-state index is 13.4. The van der Waals surface area contributed by atoms with Crippen LogP contribution in [0, 0.1) is 5.82 Å². The van der Waals surface area contributed by atoms with Gasteiger partial charge >= 0.3 is 0 Å². The second-order valence-corrected chi connectivity index (χ2v) is 7.75. The van der Waals surface area contributed by atoms with Crippen molar-refractivity contribution in [2.45, 2.75) is 6.42 Å². The number of amides is 1. The normalized spacial score (nSPS) is 14.3. The number of hydrogen-bond donors (Lipinski definition) is 1. The first-order chi connectivity index (χ1) is 15.6. The molecule has 32 heavy (non-hydrogen) atoms. The summed E-state index contributed by atoms with van der Waals surface area (Å²) in [5, 5.41) is 0. The van der Waals surface area contributed by atoms with Crippen LogP contribution >= 0.6 is 0 Å². The lowest BCUT2D eigenvalue weighted by molar-refractivity contribution is 0.1000. The Labute approximate surface area is 187 Å². The fraction of sp³-hybridized carbons (Fsp3) is 0.292. The van der Waals surface area contributed by atoms with E-state index in [9.17, 15) is 9.18 Å². The van der Waals surface area contributed by atoms with Crippen molar-refractivity contribution in [3.05, 3.63) is 78.5 Å². The van der Waals surface area contributed by atoms with Crippen LogP contribution < -0.4 is 15.5 Å². The lowest BCUT2D eigenvalue weighted by atomic mass is 10.2. The van der Waals surface area contributed by atoms with Gasteiger partial charge in [0.25, 0.3) is 5.91 Å². The molecule has 0 bridgehead atoms. The third-order valence-electron chi connectivity index (χ3n) is 5.69. The highest BCUT2D eigenvalue weighted by Crippen LogP contribution is 2.25. The van der Waals surface area contributed by atoms with Crippen LogP contribution in [0.3, 0.4) is 0 Å². The average Bonchev–Trinajstić information content (AvgIpc) is 2.83. The van der Waals surface area contributed by atoms with E-state index in [2.05, 4.69) is 24.7 Å². The number of hydrogen-bond acceptors (Lipinski definition) is 6. The quantitative estimate of drug-likeness (QED) is 0.587. The molecule has 166 valence electrons. The van der Waals surface area contributed by atoms with Crippen molar-refractivity contribution in [1.82, 2.24) is 14.9 Å². The van der Waals surface area contributed by atoms with Crippen LogP contribution in [0.25, 0.3) is 0 Å². The fourth-order valence-corrected chi connectivity index (χ4v) is 4.03. The van der Waals surface area contributed by atoms with Gasteiger partial charge in [-0.2, -0.15) is 0 Å². The van der Waals surface area contributed by atoms with Gasteiger partial charge < -0.3 is 15.5 Å². The SMILES string of the molecule is NC(=O)c1cccnc1N1CCN(CCCN(c2ccncc2)c2ccc(F)cc2)CC1. The van der Waals surface area contributed by atoms with Crippen molar-refractivity contribution in [1.29, 1.82) is 0 Å². The number of nitrogens with two attached hydrogens (primary N) is 1. The number of rotatable bonds is 8. The summed E-state index contributed by atoms with van der Waals surface area (Å²) in [6.45, 7) is 5.12. The third-order valence-corrected chi connectivity index (χ3v) is 5.69. The van der Waals surface area contributed by atoms with Gasteiger partial charge in [-0.05, 0) is 61.5 Å². The minimum Gasteiger partial charge on any atom is -0.365 e. The Morgan fingerprint density at radius 2 is 1.66 bits per heavy atom. The number of piperazine rings is 1. The lowest BCUT2D eigenvalue weighted by Crippen LogP contribution is -2.47. The number of pyridine rings is 2. The van der Waals surface area contributed by atoms with Gasteiger partial charge in [-0.3, -0.25) is 14.7 Å². The molecule has 0 aliphatic carbocycles. The number of nitrogens with zero attached hydrogens (tertiary/aromatic N) is 5. The number of carbonyl (C=O) groups excluding carboxylic acids is 1.